The van der Waals surface area contributed by atoms with Crippen molar-refractivity contribution in [3.63, 3.8) is 0 Å². The minimum atomic E-state index is -5.08. The van der Waals surface area contributed by atoms with Gasteiger partial charge in [-0.05, 0) is 18.9 Å². The first-order valence-corrected chi connectivity index (χ1v) is 9.52. The number of nitrogens with zero attached hydrogens (tertiary/aromatic N) is 2. The van der Waals surface area contributed by atoms with Crippen LogP contribution in [-0.2, 0) is 9.59 Å². The van der Waals surface area contributed by atoms with Crippen LogP contribution in [-0.4, -0.2) is 68.4 Å². The molecule has 2 aliphatic heterocycles. The normalized spacial score (nSPS) is 24.0. The number of likely N-dealkylation sites (tertiary alicyclic amines) is 1. The summed E-state index contributed by atoms with van der Waals surface area (Å²) in [5, 5.41) is 7.12. The second-order valence-electron chi connectivity index (χ2n) is 7.04. The van der Waals surface area contributed by atoms with Gasteiger partial charge in [0.15, 0.2) is 5.67 Å². The van der Waals surface area contributed by atoms with E-state index in [4.69, 9.17) is 14.6 Å². The lowest BCUT2D eigenvalue weighted by Gasteiger charge is -2.47. The smallest absolute Gasteiger partial charge is 0.475 e. The number of halogens is 4. The van der Waals surface area contributed by atoms with Gasteiger partial charge in [-0.15, -0.1) is 11.8 Å². The van der Waals surface area contributed by atoms with E-state index in [1.807, 2.05) is 30.0 Å². The number of hydrogen-bond acceptors (Lipinski definition) is 5. The molecule has 154 valence electrons. The molecule has 3 heterocycles. The molecule has 6 nitrogen and oxygen atoms in total. The second-order valence-corrected chi connectivity index (χ2v) is 8.52. The number of carboxylic acids is 1. The van der Waals surface area contributed by atoms with Gasteiger partial charge in [-0.3, -0.25) is 4.79 Å². The van der Waals surface area contributed by atoms with Crippen molar-refractivity contribution in [1.82, 2.24) is 9.88 Å². The van der Waals surface area contributed by atoms with Gasteiger partial charge in [0.2, 0.25) is 5.88 Å². The Kier molecular flexibility index (Phi) is 5.48. The lowest BCUT2D eigenvalue weighted by Crippen LogP contribution is -2.62. The largest absolute Gasteiger partial charge is 0.490 e. The Balaban J connectivity index is 0.000000279. The Bertz CT molecular complexity index is 736. The van der Waals surface area contributed by atoms with Crippen LogP contribution in [0.2, 0.25) is 0 Å². The number of amides is 1. The predicted octanol–water partition coefficient (Wildman–Crippen LogP) is 2.68. The minimum Gasteiger partial charge on any atom is -0.475 e. The fourth-order valence-electron chi connectivity index (χ4n) is 3.09. The lowest BCUT2D eigenvalue weighted by molar-refractivity contribution is -0.192. The Labute approximate surface area is 162 Å². The van der Waals surface area contributed by atoms with E-state index in [-0.39, 0.29) is 16.8 Å². The van der Waals surface area contributed by atoms with E-state index in [1.54, 1.807) is 11.1 Å². The third-order valence-electron chi connectivity index (χ3n) is 4.66. The zero-order chi connectivity index (χ0) is 20.6. The molecule has 0 aromatic carbocycles. The van der Waals surface area contributed by atoms with Gasteiger partial charge >= 0.3 is 12.1 Å². The summed E-state index contributed by atoms with van der Waals surface area (Å²) in [5.41, 5.74) is -1.53. The zero-order valence-corrected chi connectivity index (χ0v) is 15.4. The Morgan fingerprint density at radius 2 is 1.93 bits per heavy atom. The van der Waals surface area contributed by atoms with Crippen molar-refractivity contribution in [3.8, 4) is 5.88 Å². The molecule has 1 aromatic rings. The third-order valence-corrected chi connectivity index (χ3v) is 6.24. The van der Waals surface area contributed by atoms with Crippen LogP contribution in [0.3, 0.4) is 0 Å². The van der Waals surface area contributed by atoms with Gasteiger partial charge < -0.3 is 14.7 Å². The van der Waals surface area contributed by atoms with Crippen LogP contribution < -0.4 is 4.74 Å². The predicted molar refractivity (Wildman–Crippen MR) is 91.8 cm³/mol. The van der Waals surface area contributed by atoms with Gasteiger partial charge in [0.1, 0.15) is 6.10 Å². The molecule has 3 fully saturated rings. The molecule has 1 saturated carbocycles. The molecule has 1 N–H and O–H groups in total. The van der Waals surface area contributed by atoms with Crippen molar-refractivity contribution in [2.45, 2.75) is 42.0 Å². The third kappa shape index (κ3) is 4.68. The first-order chi connectivity index (χ1) is 13.0. The maximum Gasteiger partial charge on any atom is 0.490 e. The fourth-order valence-corrected chi connectivity index (χ4v) is 4.61. The van der Waals surface area contributed by atoms with Gasteiger partial charge in [-0.2, -0.15) is 13.2 Å². The number of ether oxygens (including phenoxy) is 1. The molecule has 0 bridgehead atoms. The Hall–Kier alpha value is -2.04. The number of carboxylic acid groups (broad SMARTS) is 1. The number of carbonyl (C=O) groups excluding carboxylic acids is 1. The quantitative estimate of drug-likeness (QED) is 0.755. The maximum atomic E-state index is 13.8. The molecule has 1 spiro atoms. The highest BCUT2D eigenvalue weighted by Crippen LogP contribution is 2.49. The minimum absolute atomic E-state index is 0.0698. The van der Waals surface area contributed by atoms with Gasteiger partial charge in [-0.1, -0.05) is 6.07 Å². The van der Waals surface area contributed by atoms with E-state index in [2.05, 4.69) is 4.98 Å². The van der Waals surface area contributed by atoms with Gasteiger partial charge in [0, 0.05) is 37.5 Å². The van der Waals surface area contributed by atoms with Crippen molar-refractivity contribution in [1.29, 1.82) is 0 Å². The maximum absolute atomic E-state index is 13.8. The SMILES string of the molecule is O=C(N1CC2(CC(Oc3ccccn3)CS2)C1)C1(F)CC1.O=C(O)C(F)(F)F. The summed E-state index contributed by atoms with van der Waals surface area (Å²) in [6.07, 6.45) is -1.55. The summed E-state index contributed by atoms with van der Waals surface area (Å²) in [5.74, 6) is -1.51. The molecule has 3 aliphatic rings. The molecule has 1 amide bonds. The van der Waals surface area contributed by atoms with Crippen molar-refractivity contribution in [3.05, 3.63) is 24.4 Å². The molecule has 1 atom stereocenters. The summed E-state index contributed by atoms with van der Waals surface area (Å²) in [6.45, 7) is 1.31. The second kappa shape index (κ2) is 7.41. The van der Waals surface area contributed by atoms with Crippen LogP contribution in [0.25, 0.3) is 0 Å². The number of carbonyl (C=O) groups is 2. The number of aliphatic carboxylic acids is 1. The highest BCUT2D eigenvalue weighted by atomic mass is 32.2. The van der Waals surface area contributed by atoms with Crippen molar-refractivity contribution >= 4 is 23.6 Å². The molecule has 1 aromatic heterocycles. The van der Waals surface area contributed by atoms with E-state index in [1.165, 1.54) is 0 Å². The Morgan fingerprint density at radius 1 is 1.29 bits per heavy atom. The van der Waals surface area contributed by atoms with E-state index in [0.717, 1.165) is 12.2 Å². The molecule has 0 radical (unpaired) electrons. The number of hydrogen-bond donors (Lipinski definition) is 1. The topological polar surface area (TPSA) is 79.7 Å². The molecule has 28 heavy (non-hydrogen) atoms. The highest BCUT2D eigenvalue weighted by molar-refractivity contribution is 8.01. The average molecular weight is 422 g/mol. The molecule has 1 unspecified atom stereocenters. The van der Waals surface area contributed by atoms with Crippen molar-refractivity contribution in [2.75, 3.05) is 18.8 Å². The zero-order valence-electron chi connectivity index (χ0n) is 14.6. The fraction of sp³-hybridized carbons (Fsp3) is 0.588. The number of aromatic nitrogens is 1. The summed E-state index contributed by atoms with van der Waals surface area (Å²) in [4.78, 5) is 26.7. The lowest BCUT2D eigenvalue weighted by atomic mass is 9.92. The molecule has 1 aliphatic carbocycles. The van der Waals surface area contributed by atoms with Crippen LogP contribution >= 0.6 is 11.8 Å². The van der Waals surface area contributed by atoms with Crippen LogP contribution in [0.4, 0.5) is 17.6 Å². The number of rotatable bonds is 3. The molecule has 11 heteroatoms. The van der Waals surface area contributed by atoms with Gasteiger partial charge in [0.05, 0.1) is 4.75 Å². The van der Waals surface area contributed by atoms with Crippen LogP contribution in [0.5, 0.6) is 5.88 Å². The first-order valence-electron chi connectivity index (χ1n) is 8.53. The average Bonchev–Trinajstić information content (AvgIpc) is 3.21. The summed E-state index contributed by atoms with van der Waals surface area (Å²) in [7, 11) is 0. The number of thioether (sulfide) groups is 1. The monoisotopic (exact) mass is 422 g/mol. The highest BCUT2D eigenvalue weighted by Gasteiger charge is 2.59. The summed E-state index contributed by atoms with van der Waals surface area (Å²) < 4.78 is 51.5. The van der Waals surface area contributed by atoms with E-state index in [9.17, 15) is 22.4 Å². The summed E-state index contributed by atoms with van der Waals surface area (Å²) >= 11 is 1.84. The van der Waals surface area contributed by atoms with Crippen LogP contribution in [0.15, 0.2) is 24.4 Å². The van der Waals surface area contributed by atoms with Crippen molar-refractivity contribution in [2.24, 2.45) is 0 Å². The van der Waals surface area contributed by atoms with E-state index < -0.39 is 17.8 Å². The molecule has 4 rings (SSSR count). The standard InChI is InChI=1S/C15H17FN2O2S.C2HF3O2/c16-15(4-5-15)13(19)18-9-14(10-18)7-11(8-21-14)20-12-3-1-2-6-17-12;3-2(4,5)1(6)7/h1-3,6,11H,4-5,7-10H2;(H,6,7). The van der Waals surface area contributed by atoms with Gasteiger partial charge in [-0.25, -0.2) is 14.2 Å². The van der Waals surface area contributed by atoms with Gasteiger partial charge in [0.25, 0.3) is 5.91 Å². The van der Waals surface area contributed by atoms with Crippen LogP contribution in [0, 0.1) is 0 Å². The molecular formula is C17H18F4N2O4S. The molecular weight excluding hydrogens is 404 g/mol. The van der Waals surface area contributed by atoms with Crippen LogP contribution in [0.1, 0.15) is 19.3 Å². The van der Waals surface area contributed by atoms with E-state index >= 15 is 0 Å². The van der Waals surface area contributed by atoms with Crippen molar-refractivity contribution < 1.29 is 37.0 Å². The Morgan fingerprint density at radius 3 is 2.43 bits per heavy atom. The number of pyridine rings is 1. The van der Waals surface area contributed by atoms with E-state index in [0.29, 0.717) is 31.8 Å². The first kappa shape index (κ1) is 20.7. The summed E-state index contributed by atoms with van der Waals surface area (Å²) in [6, 6.07) is 5.62. The molecule has 2 saturated heterocycles. The number of alkyl halides is 4.